The first kappa shape index (κ1) is 13.7. The first-order valence-corrected chi connectivity index (χ1v) is 5.69. The SMILES string of the molecule is Cc1ccc(Oc2ccc([N+](=O)[O-])cc2F)c(C=O)c1. The van der Waals surface area contributed by atoms with Crippen LogP contribution in [-0.4, -0.2) is 11.2 Å². The normalized spacial score (nSPS) is 10.1. The minimum absolute atomic E-state index is 0.178. The highest BCUT2D eigenvalue weighted by atomic mass is 19.1. The Balaban J connectivity index is 2.35. The number of aldehydes is 1. The zero-order valence-electron chi connectivity index (χ0n) is 10.5. The van der Waals surface area contributed by atoms with Crippen molar-refractivity contribution < 1.29 is 18.8 Å². The van der Waals surface area contributed by atoms with Crippen molar-refractivity contribution in [3.8, 4) is 11.5 Å². The number of halogens is 1. The van der Waals surface area contributed by atoms with Crippen LogP contribution in [0.1, 0.15) is 15.9 Å². The van der Waals surface area contributed by atoms with E-state index in [1.54, 1.807) is 18.2 Å². The third kappa shape index (κ3) is 2.80. The zero-order chi connectivity index (χ0) is 14.7. The van der Waals surface area contributed by atoms with E-state index in [9.17, 15) is 19.3 Å². The average molecular weight is 275 g/mol. The average Bonchev–Trinajstić information content (AvgIpc) is 2.42. The summed E-state index contributed by atoms with van der Waals surface area (Å²) in [6, 6.07) is 7.91. The van der Waals surface area contributed by atoms with Crippen molar-refractivity contribution in [2.45, 2.75) is 6.92 Å². The third-order valence-electron chi connectivity index (χ3n) is 2.64. The van der Waals surface area contributed by atoms with Crippen LogP contribution in [0.4, 0.5) is 10.1 Å². The van der Waals surface area contributed by atoms with Gasteiger partial charge < -0.3 is 4.74 Å². The van der Waals surface area contributed by atoms with Gasteiger partial charge in [0, 0.05) is 6.07 Å². The number of hydrogen-bond donors (Lipinski definition) is 0. The van der Waals surface area contributed by atoms with Crippen molar-refractivity contribution in [2.75, 3.05) is 0 Å². The molecule has 0 aliphatic heterocycles. The van der Waals surface area contributed by atoms with Gasteiger partial charge in [-0.3, -0.25) is 14.9 Å². The lowest BCUT2D eigenvalue weighted by atomic mass is 10.1. The van der Waals surface area contributed by atoms with Crippen molar-refractivity contribution in [1.82, 2.24) is 0 Å². The van der Waals surface area contributed by atoms with Gasteiger partial charge in [0.05, 0.1) is 16.6 Å². The maximum Gasteiger partial charge on any atom is 0.272 e. The van der Waals surface area contributed by atoms with Crippen LogP contribution in [0.15, 0.2) is 36.4 Å². The van der Waals surface area contributed by atoms with E-state index in [-0.39, 0.29) is 22.7 Å². The number of non-ortho nitro benzene ring substituents is 1. The molecule has 0 heterocycles. The molecule has 2 aromatic carbocycles. The molecule has 0 radical (unpaired) electrons. The van der Waals surface area contributed by atoms with E-state index >= 15 is 0 Å². The molecule has 0 unspecified atom stereocenters. The molecule has 0 saturated heterocycles. The van der Waals surface area contributed by atoms with E-state index in [1.807, 2.05) is 6.92 Å². The summed E-state index contributed by atoms with van der Waals surface area (Å²) in [6.45, 7) is 1.81. The van der Waals surface area contributed by atoms with Gasteiger partial charge in [0.15, 0.2) is 17.9 Å². The van der Waals surface area contributed by atoms with Crippen molar-refractivity contribution in [3.05, 3.63) is 63.5 Å². The molecule has 2 rings (SSSR count). The van der Waals surface area contributed by atoms with Crippen molar-refractivity contribution in [3.63, 3.8) is 0 Å². The number of carbonyl (C=O) groups is 1. The quantitative estimate of drug-likeness (QED) is 0.485. The van der Waals surface area contributed by atoms with Gasteiger partial charge in [0.2, 0.25) is 0 Å². The van der Waals surface area contributed by atoms with Crippen LogP contribution in [0.2, 0.25) is 0 Å². The fourth-order valence-electron chi connectivity index (χ4n) is 1.66. The molecule has 0 fully saturated rings. The highest BCUT2D eigenvalue weighted by Crippen LogP contribution is 2.29. The van der Waals surface area contributed by atoms with Gasteiger partial charge >= 0.3 is 0 Å². The van der Waals surface area contributed by atoms with Gasteiger partial charge in [-0.1, -0.05) is 11.6 Å². The smallest absolute Gasteiger partial charge is 0.272 e. The molecular formula is C14H10FNO4. The molecule has 102 valence electrons. The molecule has 0 spiro atoms. The summed E-state index contributed by atoms with van der Waals surface area (Å²) in [7, 11) is 0. The van der Waals surface area contributed by atoms with Crippen LogP contribution >= 0.6 is 0 Å². The summed E-state index contributed by atoms with van der Waals surface area (Å²) in [5, 5.41) is 10.5. The largest absolute Gasteiger partial charge is 0.454 e. The Labute approximate surface area is 113 Å². The van der Waals surface area contributed by atoms with Crippen LogP contribution in [0, 0.1) is 22.9 Å². The molecule has 20 heavy (non-hydrogen) atoms. The topological polar surface area (TPSA) is 69.4 Å². The number of ether oxygens (including phenoxy) is 1. The van der Waals surface area contributed by atoms with Gasteiger partial charge in [-0.2, -0.15) is 0 Å². The summed E-state index contributed by atoms with van der Waals surface area (Å²) in [4.78, 5) is 20.7. The predicted octanol–water partition coefficient (Wildman–Crippen LogP) is 3.65. The number of benzene rings is 2. The highest BCUT2D eigenvalue weighted by Gasteiger charge is 2.13. The molecule has 0 atom stereocenters. The molecule has 0 N–H and O–H groups in total. The number of rotatable bonds is 4. The molecule has 2 aromatic rings. The first-order valence-electron chi connectivity index (χ1n) is 5.69. The summed E-state index contributed by atoms with van der Waals surface area (Å²) >= 11 is 0. The Hall–Kier alpha value is -2.76. The maximum absolute atomic E-state index is 13.7. The summed E-state index contributed by atoms with van der Waals surface area (Å²) in [5.74, 6) is -0.850. The summed E-state index contributed by atoms with van der Waals surface area (Å²) in [6.07, 6.45) is 0.603. The lowest BCUT2D eigenvalue weighted by Crippen LogP contribution is -1.95. The van der Waals surface area contributed by atoms with Gasteiger partial charge in [0.25, 0.3) is 5.69 Å². The second kappa shape index (κ2) is 5.48. The maximum atomic E-state index is 13.7. The van der Waals surface area contributed by atoms with E-state index in [0.29, 0.717) is 6.29 Å². The lowest BCUT2D eigenvalue weighted by molar-refractivity contribution is -0.385. The standard InChI is InChI=1S/C14H10FNO4/c1-9-2-4-13(10(6-9)8-17)20-14-5-3-11(16(18)19)7-12(14)15/h2-8H,1H3. The van der Waals surface area contributed by atoms with Gasteiger partial charge in [0.1, 0.15) is 5.75 Å². The molecule has 0 aromatic heterocycles. The minimum atomic E-state index is -0.864. The molecule has 0 aliphatic rings. The summed E-state index contributed by atoms with van der Waals surface area (Å²) < 4.78 is 19.0. The number of nitrogens with zero attached hydrogens (tertiary/aromatic N) is 1. The molecule has 5 nitrogen and oxygen atoms in total. The van der Waals surface area contributed by atoms with Gasteiger partial charge in [-0.15, -0.1) is 0 Å². The van der Waals surface area contributed by atoms with Crippen molar-refractivity contribution >= 4 is 12.0 Å². The molecule has 0 aliphatic carbocycles. The second-order valence-corrected chi connectivity index (χ2v) is 4.13. The van der Waals surface area contributed by atoms with Crippen molar-refractivity contribution in [1.29, 1.82) is 0 Å². The number of nitro benzene ring substituents is 1. The minimum Gasteiger partial charge on any atom is -0.454 e. The fraction of sp³-hybridized carbons (Fsp3) is 0.0714. The summed E-state index contributed by atoms with van der Waals surface area (Å²) in [5.41, 5.74) is 0.778. The number of carbonyl (C=O) groups excluding carboxylic acids is 1. The van der Waals surface area contributed by atoms with Crippen LogP contribution in [0.5, 0.6) is 11.5 Å². The van der Waals surface area contributed by atoms with E-state index in [0.717, 1.165) is 23.8 Å². The Kier molecular flexibility index (Phi) is 3.74. The number of aryl methyl sites for hydroxylation is 1. The third-order valence-corrected chi connectivity index (χ3v) is 2.64. The Morgan fingerprint density at radius 2 is 1.90 bits per heavy atom. The van der Waals surface area contributed by atoms with Crippen molar-refractivity contribution in [2.24, 2.45) is 0 Å². The molecule has 6 heteroatoms. The molecule has 0 saturated carbocycles. The zero-order valence-corrected chi connectivity index (χ0v) is 10.5. The van der Waals surface area contributed by atoms with Crippen LogP contribution < -0.4 is 4.74 Å². The van der Waals surface area contributed by atoms with E-state index in [2.05, 4.69) is 0 Å². The molecular weight excluding hydrogens is 265 g/mol. The van der Waals surface area contributed by atoms with E-state index in [1.165, 1.54) is 0 Å². The highest BCUT2D eigenvalue weighted by molar-refractivity contribution is 5.79. The van der Waals surface area contributed by atoms with Crippen LogP contribution in [-0.2, 0) is 0 Å². The number of hydrogen-bond acceptors (Lipinski definition) is 4. The first-order chi connectivity index (χ1) is 9.51. The Bertz CT molecular complexity index is 685. The molecule has 0 amide bonds. The monoisotopic (exact) mass is 275 g/mol. The fourth-order valence-corrected chi connectivity index (χ4v) is 1.66. The van der Waals surface area contributed by atoms with Gasteiger partial charge in [-0.05, 0) is 25.1 Å². The number of nitro groups is 1. The lowest BCUT2D eigenvalue weighted by Gasteiger charge is -2.09. The Morgan fingerprint density at radius 3 is 2.50 bits per heavy atom. The van der Waals surface area contributed by atoms with Gasteiger partial charge in [-0.25, -0.2) is 4.39 Å². The van der Waals surface area contributed by atoms with Crippen LogP contribution in [0.25, 0.3) is 0 Å². The van der Waals surface area contributed by atoms with Crippen LogP contribution in [0.3, 0.4) is 0 Å². The molecule has 0 bridgehead atoms. The second-order valence-electron chi connectivity index (χ2n) is 4.13. The predicted molar refractivity (Wildman–Crippen MR) is 69.7 cm³/mol. The van der Waals surface area contributed by atoms with E-state index < -0.39 is 10.7 Å². The van der Waals surface area contributed by atoms with E-state index in [4.69, 9.17) is 4.74 Å². The Morgan fingerprint density at radius 1 is 1.20 bits per heavy atom.